The Morgan fingerprint density at radius 1 is 1.25 bits per heavy atom. The lowest BCUT2D eigenvalue weighted by molar-refractivity contribution is -0.134. The summed E-state index contributed by atoms with van der Waals surface area (Å²) < 4.78 is 0. The summed E-state index contributed by atoms with van der Waals surface area (Å²) in [6, 6.07) is 0.264. The van der Waals surface area contributed by atoms with Gasteiger partial charge in [-0.25, -0.2) is 0 Å². The first kappa shape index (κ1) is 17.8. The predicted octanol–water partition coefficient (Wildman–Crippen LogP) is 3.21. The third-order valence-electron chi connectivity index (χ3n) is 4.83. The molecule has 2 aliphatic rings. The first-order valence-corrected chi connectivity index (χ1v) is 8.09. The zero-order valence-electron chi connectivity index (χ0n) is 13.0. The van der Waals surface area contributed by atoms with E-state index in [1.807, 2.05) is 0 Å². The fourth-order valence-electron chi connectivity index (χ4n) is 3.82. The molecule has 0 aromatic carbocycles. The van der Waals surface area contributed by atoms with E-state index in [0.29, 0.717) is 18.2 Å². The number of nitrogens with two attached hydrogens (primary N) is 1. The van der Waals surface area contributed by atoms with Crippen LogP contribution in [0, 0.1) is 17.8 Å². The highest BCUT2D eigenvalue weighted by molar-refractivity contribution is 5.85. The Labute approximate surface area is 130 Å². The summed E-state index contributed by atoms with van der Waals surface area (Å²) in [5.74, 6) is 2.26. The minimum absolute atomic E-state index is 0. The second-order valence-corrected chi connectivity index (χ2v) is 7.04. The van der Waals surface area contributed by atoms with Gasteiger partial charge in [0.2, 0.25) is 5.91 Å². The molecule has 0 radical (unpaired) electrons. The summed E-state index contributed by atoms with van der Waals surface area (Å²) in [6.45, 7) is 6.50. The Morgan fingerprint density at radius 2 is 2.00 bits per heavy atom. The molecule has 118 valence electrons. The van der Waals surface area contributed by atoms with Crippen molar-refractivity contribution < 1.29 is 4.79 Å². The number of hydrogen-bond acceptors (Lipinski definition) is 2. The lowest BCUT2D eigenvalue weighted by atomic mass is 9.89. The average Bonchev–Trinajstić information content (AvgIpc) is 2.74. The molecule has 0 bridgehead atoms. The SMILES string of the molecule is CC(C)CC1CCCN(C(=O)C[C@@H]2CCC[C@H]2N)C1.Cl. The van der Waals surface area contributed by atoms with Gasteiger partial charge in [0, 0.05) is 25.6 Å². The maximum atomic E-state index is 12.4. The molecule has 0 aromatic rings. The number of carbonyl (C=O) groups excluding carboxylic acids is 1. The zero-order chi connectivity index (χ0) is 13.8. The Bertz CT molecular complexity index is 309. The van der Waals surface area contributed by atoms with Gasteiger partial charge in [0.05, 0.1) is 0 Å². The van der Waals surface area contributed by atoms with Crippen molar-refractivity contribution in [1.82, 2.24) is 4.90 Å². The van der Waals surface area contributed by atoms with E-state index in [1.165, 1.54) is 25.7 Å². The Kier molecular flexibility index (Phi) is 7.32. The zero-order valence-corrected chi connectivity index (χ0v) is 13.8. The van der Waals surface area contributed by atoms with Crippen LogP contribution in [0.3, 0.4) is 0 Å². The van der Waals surface area contributed by atoms with E-state index in [4.69, 9.17) is 5.73 Å². The van der Waals surface area contributed by atoms with Crippen molar-refractivity contribution in [2.24, 2.45) is 23.5 Å². The second-order valence-electron chi connectivity index (χ2n) is 7.04. The van der Waals surface area contributed by atoms with Gasteiger partial charge < -0.3 is 10.6 Å². The predicted molar refractivity (Wildman–Crippen MR) is 85.9 cm³/mol. The van der Waals surface area contributed by atoms with Crippen molar-refractivity contribution in [2.45, 2.75) is 64.8 Å². The number of nitrogens with zero attached hydrogens (tertiary/aromatic N) is 1. The molecule has 1 amide bonds. The number of amides is 1. The van der Waals surface area contributed by atoms with E-state index in [9.17, 15) is 4.79 Å². The summed E-state index contributed by atoms with van der Waals surface area (Å²) in [7, 11) is 0. The van der Waals surface area contributed by atoms with Gasteiger partial charge in [-0.1, -0.05) is 20.3 Å². The molecular formula is C16H31ClN2O. The van der Waals surface area contributed by atoms with Crippen molar-refractivity contribution in [3.8, 4) is 0 Å². The Hall–Kier alpha value is -0.280. The molecule has 1 saturated carbocycles. The summed E-state index contributed by atoms with van der Waals surface area (Å²) in [5, 5.41) is 0. The number of hydrogen-bond donors (Lipinski definition) is 1. The van der Waals surface area contributed by atoms with Crippen LogP contribution >= 0.6 is 12.4 Å². The third-order valence-corrected chi connectivity index (χ3v) is 4.83. The molecule has 2 rings (SSSR count). The van der Waals surface area contributed by atoms with Crippen molar-refractivity contribution in [3.63, 3.8) is 0 Å². The van der Waals surface area contributed by atoms with E-state index >= 15 is 0 Å². The Balaban J connectivity index is 0.00000200. The largest absolute Gasteiger partial charge is 0.342 e. The molecule has 20 heavy (non-hydrogen) atoms. The lowest BCUT2D eigenvalue weighted by Crippen LogP contribution is -2.42. The van der Waals surface area contributed by atoms with Gasteiger partial charge >= 0.3 is 0 Å². The number of halogens is 1. The molecule has 2 fully saturated rings. The maximum Gasteiger partial charge on any atom is 0.222 e. The number of piperidine rings is 1. The van der Waals surface area contributed by atoms with Crippen LogP contribution in [0.1, 0.15) is 58.8 Å². The van der Waals surface area contributed by atoms with E-state index in [0.717, 1.165) is 37.8 Å². The summed E-state index contributed by atoms with van der Waals surface area (Å²) in [4.78, 5) is 14.5. The first-order valence-electron chi connectivity index (χ1n) is 8.09. The van der Waals surface area contributed by atoms with Crippen molar-refractivity contribution in [2.75, 3.05) is 13.1 Å². The average molecular weight is 303 g/mol. The highest BCUT2D eigenvalue weighted by atomic mass is 35.5. The number of likely N-dealkylation sites (tertiary alicyclic amines) is 1. The quantitative estimate of drug-likeness (QED) is 0.867. The Morgan fingerprint density at radius 3 is 2.60 bits per heavy atom. The fraction of sp³-hybridized carbons (Fsp3) is 0.938. The minimum Gasteiger partial charge on any atom is -0.342 e. The van der Waals surface area contributed by atoms with Crippen molar-refractivity contribution in [3.05, 3.63) is 0 Å². The molecule has 1 saturated heterocycles. The van der Waals surface area contributed by atoms with E-state index < -0.39 is 0 Å². The van der Waals surface area contributed by atoms with Gasteiger partial charge in [-0.2, -0.15) is 0 Å². The molecule has 0 aromatic heterocycles. The molecule has 4 heteroatoms. The van der Waals surface area contributed by atoms with Crippen LogP contribution in [-0.2, 0) is 4.79 Å². The summed E-state index contributed by atoms with van der Waals surface area (Å²) in [6.07, 6.45) is 7.88. The van der Waals surface area contributed by atoms with Gasteiger partial charge in [0.15, 0.2) is 0 Å². The molecule has 1 unspecified atom stereocenters. The highest BCUT2D eigenvalue weighted by Gasteiger charge is 2.30. The van der Waals surface area contributed by atoms with Gasteiger partial charge in [-0.05, 0) is 49.9 Å². The standard InChI is InChI=1S/C16H30N2O.ClH/c1-12(2)9-13-5-4-8-18(11-13)16(19)10-14-6-3-7-15(14)17;/h12-15H,3-11,17H2,1-2H3;1H/t13?,14-,15+;/m0./s1. The third kappa shape index (κ3) is 4.92. The molecule has 2 N–H and O–H groups in total. The normalized spacial score (nSPS) is 30.4. The molecule has 0 spiro atoms. The van der Waals surface area contributed by atoms with Crippen LogP contribution in [0.15, 0.2) is 0 Å². The minimum atomic E-state index is 0. The summed E-state index contributed by atoms with van der Waals surface area (Å²) >= 11 is 0. The van der Waals surface area contributed by atoms with E-state index in [2.05, 4.69) is 18.7 Å². The number of rotatable bonds is 4. The van der Waals surface area contributed by atoms with Gasteiger partial charge in [-0.3, -0.25) is 4.79 Å². The second kappa shape index (κ2) is 8.23. The van der Waals surface area contributed by atoms with Crippen LogP contribution in [0.4, 0.5) is 0 Å². The molecular weight excluding hydrogens is 272 g/mol. The van der Waals surface area contributed by atoms with Gasteiger partial charge in [0.1, 0.15) is 0 Å². The van der Waals surface area contributed by atoms with Crippen LogP contribution in [0.5, 0.6) is 0 Å². The maximum absolute atomic E-state index is 12.4. The smallest absolute Gasteiger partial charge is 0.222 e. The molecule has 3 atom stereocenters. The van der Waals surface area contributed by atoms with Crippen LogP contribution in [-0.4, -0.2) is 29.9 Å². The molecule has 1 aliphatic carbocycles. The molecule has 3 nitrogen and oxygen atoms in total. The first-order chi connectivity index (χ1) is 9.06. The van der Waals surface area contributed by atoms with Crippen LogP contribution < -0.4 is 5.73 Å². The van der Waals surface area contributed by atoms with Crippen molar-refractivity contribution in [1.29, 1.82) is 0 Å². The fourth-order valence-corrected chi connectivity index (χ4v) is 3.82. The summed E-state index contributed by atoms with van der Waals surface area (Å²) in [5.41, 5.74) is 6.08. The highest BCUT2D eigenvalue weighted by Crippen LogP contribution is 2.29. The van der Waals surface area contributed by atoms with Crippen LogP contribution in [0.2, 0.25) is 0 Å². The topological polar surface area (TPSA) is 46.3 Å². The molecule has 1 heterocycles. The lowest BCUT2D eigenvalue weighted by Gasteiger charge is -2.34. The van der Waals surface area contributed by atoms with E-state index in [-0.39, 0.29) is 18.4 Å². The van der Waals surface area contributed by atoms with Crippen LogP contribution in [0.25, 0.3) is 0 Å². The molecule has 1 aliphatic heterocycles. The monoisotopic (exact) mass is 302 g/mol. The number of carbonyl (C=O) groups is 1. The van der Waals surface area contributed by atoms with Gasteiger partial charge in [0.25, 0.3) is 0 Å². The van der Waals surface area contributed by atoms with E-state index in [1.54, 1.807) is 0 Å². The van der Waals surface area contributed by atoms with Crippen molar-refractivity contribution >= 4 is 18.3 Å². The van der Waals surface area contributed by atoms with Gasteiger partial charge in [-0.15, -0.1) is 12.4 Å².